The van der Waals surface area contributed by atoms with Crippen molar-refractivity contribution in [2.24, 2.45) is 7.05 Å². The Morgan fingerprint density at radius 3 is 2.86 bits per heavy atom. The molecule has 0 unspecified atom stereocenters. The van der Waals surface area contributed by atoms with Gasteiger partial charge in [0.25, 0.3) is 5.56 Å². The third-order valence-electron chi connectivity index (χ3n) is 4.00. The van der Waals surface area contributed by atoms with Crippen LogP contribution < -0.4 is 5.56 Å². The summed E-state index contributed by atoms with van der Waals surface area (Å²) in [5.41, 5.74) is 4.65. The van der Waals surface area contributed by atoms with E-state index in [4.69, 9.17) is 0 Å². The fraction of sp³-hybridized carbons (Fsp3) is 0.333. The zero-order valence-electron chi connectivity index (χ0n) is 13.1. The summed E-state index contributed by atoms with van der Waals surface area (Å²) >= 11 is 0. The summed E-state index contributed by atoms with van der Waals surface area (Å²) in [4.78, 5) is 14.1. The number of rotatable bonds is 3. The molecule has 0 aliphatic carbocycles. The molecule has 0 atom stereocenters. The molecule has 0 radical (unpaired) electrons. The van der Waals surface area contributed by atoms with Crippen LogP contribution in [0.15, 0.2) is 46.8 Å². The standard InChI is InChI=1S/C18H21N3O/c1-14(10-15-6-4-3-5-7-15)12-21-9-8-17-16(13-21)11-18(22)20(2)19-17/h3-7,10-11H,8-9,12-13H2,1-2H3/b14-10+. The largest absolute Gasteiger partial charge is 0.295 e. The highest BCUT2D eigenvalue weighted by molar-refractivity contribution is 5.52. The van der Waals surface area contributed by atoms with Crippen molar-refractivity contribution in [3.8, 4) is 0 Å². The Hall–Kier alpha value is -2.20. The highest BCUT2D eigenvalue weighted by Gasteiger charge is 2.18. The second-order valence-electron chi connectivity index (χ2n) is 5.94. The first-order valence-electron chi connectivity index (χ1n) is 7.62. The first-order valence-corrected chi connectivity index (χ1v) is 7.62. The molecular weight excluding hydrogens is 274 g/mol. The van der Waals surface area contributed by atoms with Gasteiger partial charge in [-0.15, -0.1) is 0 Å². The average molecular weight is 295 g/mol. The molecule has 0 saturated heterocycles. The Morgan fingerprint density at radius 2 is 2.09 bits per heavy atom. The molecule has 2 heterocycles. The molecule has 1 aliphatic heterocycles. The van der Waals surface area contributed by atoms with E-state index in [1.54, 1.807) is 13.1 Å². The maximum absolute atomic E-state index is 11.7. The lowest BCUT2D eigenvalue weighted by molar-refractivity contribution is 0.271. The van der Waals surface area contributed by atoms with E-state index in [1.165, 1.54) is 15.8 Å². The van der Waals surface area contributed by atoms with Crippen molar-refractivity contribution in [1.82, 2.24) is 14.7 Å². The van der Waals surface area contributed by atoms with E-state index in [1.807, 2.05) is 6.07 Å². The van der Waals surface area contributed by atoms with Crippen LogP contribution in [0.5, 0.6) is 0 Å². The number of hydrogen-bond donors (Lipinski definition) is 0. The molecule has 1 aliphatic rings. The van der Waals surface area contributed by atoms with E-state index in [0.29, 0.717) is 0 Å². The third-order valence-corrected chi connectivity index (χ3v) is 4.00. The summed E-state index contributed by atoms with van der Waals surface area (Å²) in [6, 6.07) is 12.1. The van der Waals surface area contributed by atoms with E-state index >= 15 is 0 Å². The molecule has 0 spiro atoms. The number of nitrogens with zero attached hydrogens (tertiary/aromatic N) is 3. The zero-order chi connectivity index (χ0) is 15.5. The number of fused-ring (bicyclic) bond motifs is 1. The van der Waals surface area contributed by atoms with Gasteiger partial charge in [0.05, 0.1) is 5.69 Å². The Morgan fingerprint density at radius 1 is 1.32 bits per heavy atom. The zero-order valence-corrected chi connectivity index (χ0v) is 13.1. The molecule has 0 bridgehead atoms. The average Bonchev–Trinajstić information content (AvgIpc) is 2.49. The Bertz CT molecular complexity index is 747. The van der Waals surface area contributed by atoms with Crippen molar-refractivity contribution in [1.29, 1.82) is 0 Å². The van der Waals surface area contributed by atoms with Gasteiger partial charge < -0.3 is 0 Å². The molecular formula is C18H21N3O. The predicted octanol–water partition coefficient (Wildman–Crippen LogP) is 2.24. The van der Waals surface area contributed by atoms with E-state index in [9.17, 15) is 4.79 Å². The van der Waals surface area contributed by atoms with Crippen LogP contribution >= 0.6 is 0 Å². The second kappa shape index (κ2) is 6.28. The van der Waals surface area contributed by atoms with Gasteiger partial charge in [-0.05, 0) is 18.1 Å². The van der Waals surface area contributed by atoms with Crippen LogP contribution in [0.25, 0.3) is 6.08 Å². The molecule has 22 heavy (non-hydrogen) atoms. The molecule has 2 aromatic rings. The SMILES string of the molecule is C/C(=C\c1ccccc1)CN1CCc2nn(C)c(=O)cc2C1. The van der Waals surface area contributed by atoms with Gasteiger partial charge >= 0.3 is 0 Å². The molecule has 0 N–H and O–H groups in total. The lowest BCUT2D eigenvalue weighted by Crippen LogP contribution is -2.35. The van der Waals surface area contributed by atoms with Crippen LogP contribution in [0, 0.1) is 0 Å². The van der Waals surface area contributed by atoms with Gasteiger partial charge in [-0.25, -0.2) is 4.68 Å². The van der Waals surface area contributed by atoms with Crippen LogP contribution in [0.3, 0.4) is 0 Å². The third kappa shape index (κ3) is 3.34. The minimum Gasteiger partial charge on any atom is -0.295 e. The summed E-state index contributed by atoms with van der Waals surface area (Å²) in [5.74, 6) is 0. The Kier molecular flexibility index (Phi) is 4.20. The summed E-state index contributed by atoms with van der Waals surface area (Å²) in [6.45, 7) is 4.87. The lowest BCUT2D eigenvalue weighted by Gasteiger charge is -2.28. The maximum Gasteiger partial charge on any atom is 0.266 e. The van der Waals surface area contributed by atoms with Gasteiger partial charge in [0.15, 0.2) is 0 Å². The van der Waals surface area contributed by atoms with Crippen molar-refractivity contribution in [3.63, 3.8) is 0 Å². The van der Waals surface area contributed by atoms with E-state index < -0.39 is 0 Å². The quantitative estimate of drug-likeness (QED) is 0.871. The Balaban J connectivity index is 1.71. The van der Waals surface area contributed by atoms with Crippen molar-refractivity contribution in [2.45, 2.75) is 19.9 Å². The van der Waals surface area contributed by atoms with Crippen molar-refractivity contribution >= 4 is 6.08 Å². The lowest BCUT2D eigenvalue weighted by atomic mass is 10.1. The highest BCUT2D eigenvalue weighted by atomic mass is 16.1. The molecule has 114 valence electrons. The first kappa shape index (κ1) is 14.7. The number of benzene rings is 1. The minimum atomic E-state index is -0.0304. The predicted molar refractivity (Wildman–Crippen MR) is 88.6 cm³/mol. The van der Waals surface area contributed by atoms with Gasteiger partial charge in [0.1, 0.15) is 0 Å². The number of aromatic nitrogens is 2. The fourth-order valence-electron chi connectivity index (χ4n) is 2.92. The molecule has 3 rings (SSSR count). The number of aryl methyl sites for hydroxylation is 1. The monoisotopic (exact) mass is 295 g/mol. The number of hydrogen-bond acceptors (Lipinski definition) is 3. The molecule has 1 aromatic heterocycles. The van der Waals surface area contributed by atoms with Gasteiger partial charge in [-0.2, -0.15) is 5.10 Å². The van der Waals surface area contributed by atoms with Crippen LogP contribution in [0.4, 0.5) is 0 Å². The van der Waals surface area contributed by atoms with E-state index in [0.717, 1.165) is 37.3 Å². The van der Waals surface area contributed by atoms with Crippen molar-refractivity contribution < 1.29 is 0 Å². The Labute approximate surface area is 130 Å². The highest BCUT2D eigenvalue weighted by Crippen LogP contribution is 2.17. The van der Waals surface area contributed by atoms with Gasteiger partial charge in [-0.1, -0.05) is 42.0 Å². The fourth-order valence-corrected chi connectivity index (χ4v) is 2.92. The van der Waals surface area contributed by atoms with Crippen LogP contribution in [-0.4, -0.2) is 27.8 Å². The summed E-state index contributed by atoms with van der Waals surface area (Å²) in [5, 5.41) is 4.36. The summed E-state index contributed by atoms with van der Waals surface area (Å²) in [6.07, 6.45) is 3.12. The van der Waals surface area contributed by atoms with Crippen molar-refractivity contribution in [3.05, 3.63) is 69.1 Å². The van der Waals surface area contributed by atoms with Crippen LogP contribution in [0.2, 0.25) is 0 Å². The normalized spacial score (nSPS) is 15.6. The second-order valence-corrected chi connectivity index (χ2v) is 5.94. The van der Waals surface area contributed by atoms with E-state index in [-0.39, 0.29) is 5.56 Å². The molecule has 0 fully saturated rings. The van der Waals surface area contributed by atoms with Crippen molar-refractivity contribution in [2.75, 3.05) is 13.1 Å². The van der Waals surface area contributed by atoms with Crippen LogP contribution in [0.1, 0.15) is 23.7 Å². The molecule has 4 heteroatoms. The maximum atomic E-state index is 11.7. The summed E-state index contributed by atoms with van der Waals surface area (Å²) in [7, 11) is 1.71. The molecule has 1 aromatic carbocycles. The minimum absolute atomic E-state index is 0.0304. The molecule has 0 amide bonds. The van der Waals surface area contributed by atoms with E-state index in [2.05, 4.69) is 47.3 Å². The van der Waals surface area contributed by atoms with Gasteiger partial charge in [0.2, 0.25) is 0 Å². The molecule has 4 nitrogen and oxygen atoms in total. The van der Waals surface area contributed by atoms with Gasteiger partial charge in [0, 0.05) is 39.2 Å². The smallest absolute Gasteiger partial charge is 0.266 e. The summed E-state index contributed by atoms with van der Waals surface area (Å²) < 4.78 is 1.43. The topological polar surface area (TPSA) is 38.1 Å². The molecule has 0 saturated carbocycles. The van der Waals surface area contributed by atoms with Crippen LogP contribution in [-0.2, 0) is 20.0 Å². The van der Waals surface area contributed by atoms with Gasteiger partial charge in [-0.3, -0.25) is 9.69 Å². The first-order chi connectivity index (χ1) is 10.6.